The van der Waals surface area contributed by atoms with Crippen LogP contribution in [-0.4, -0.2) is 48.3 Å². The number of thiophene rings is 2. The molecule has 3 fully saturated rings. The molecule has 7 heteroatoms. The Labute approximate surface area is 165 Å². The van der Waals surface area contributed by atoms with Crippen molar-refractivity contribution < 1.29 is 14.3 Å². The molecule has 134 valence electrons. The minimum Gasteiger partial charge on any atom is -0.461 e. The average Bonchev–Trinajstić information content (AvgIpc) is 2.89. The van der Waals surface area contributed by atoms with Gasteiger partial charge < -0.3 is 9.47 Å². The van der Waals surface area contributed by atoms with Crippen molar-refractivity contribution in [1.82, 2.24) is 4.90 Å². The Bertz CT molecular complexity index is 683. The molecule has 5 heterocycles. The molecular formula is C18H20BrNO3S2. The second-order valence-corrected chi connectivity index (χ2v) is 8.82. The topological polar surface area (TPSA) is 42.1 Å². The van der Waals surface area contributed by atoms with E-state index in [0.717, 1.165) is 22.6 Å². The third-order valence-electron chi connectivity index (χ3n) is 5.55. The quantitative estimate of drug-likeness (QED) is 0.535. The molecule has 4 nitrogen and oxygen atoms in total. The molecule has 0 radical (unpaired) electrons. The highest BCUT2D eigenvalue weighted by Crippen LogP contribution is 2.48. The lowest BCUT2D eigenvalue weighted by molar-refractivity contribution is -0.154. The summed E-state index contributed by atoms with van der Waals surface area (Å²) in [5.41, 5.74) is 0. The Morgan fingerprint density at radius 2 is 1.72 bits per heavy atom. The molecule has 2 aromatic heterocycles. The van der Waals surface area contributed by atoms with E-state index in [9.17, 15) is 4.79 Å². The van der Waals surface area contributed by atoms with Crippen LogP contribution in [0.4, 0.5) is 0 Å². The Hall–Kier alpha value is -0.730. The van der Waals surface area contributed by atoms with Gasteiger partial charge >= 0.3 is 5.97 Å². The zero-order valence-electron chi connectivity index (χ0n) is 13.7. The first-order valence-corrected chi connectivity index (χ1v) is 10.1. The fourth-order valence-electron chi connectivity index (χ4n) is 4.31. The van der Waals surface area contributed by atoms with Crippen molar-refractivity contribution in [3.05, 3.63) is 44.8 Å². The molecule has 0 spiro atoms. The lowest BCUT2D eigenvalue weighted by atomic mass is 9.99. The average molecular weight is 442 g/mol. The van der Waals surface area contributed by atoms with Gasteiger partial charge in [0.15, 0.2) is 0 Å². The van der Waals surface area contributed by atoms with Gasteiger partial charge in [0, 0.05) is 34.7 Å². The van der Waals surface area contributed by atoms with Crippen molar-refractivity contribution in [3.8, 4) is 0 Å². The number of carbonyl (C=O) groups excluding carboxylic acids is 1. The van der Waals surface area contributed by atoms with Gasteiger partial charge in [0.2, 0.25) is 0 Å². The Balaban J connectivity index is 0.00000157. The number of halogens is 1. The summed E-state index contributed by atoms with van der Waals surface area (Å²) in [4.78, 5) is 17.5. The number of nitrogens with zero attached hydrogens (tertiary/aromatic N) is 1. The fourth-order valence-corrected chi connectivity index (χ4v) is 6.05. The highest BCUT2D eigenvalue weighted by atomic mass is 79.9. The number of rotatable bonds is 4. The van der Waals surface area contributed by atoms with Gasteiger partial charge in [-0.1, -0.05) is 12.1 Å². The molecule has 0 N–H and O–H groups in total. The van der Waals surface area contributed by atoms with Crippen molar-refractivity contribution >= 4 is 45.6 Å². The normalized spacial score (nSPS) is 33.0. The van der Waals surface area contributed by atoms with Gasteiger partial charge in [0.05, 0.1) is 0 Å². The number of hydrogen-bond acceptors (Lipinski definition) is 6. The predicted molar refractivity (Wildman–Crippen MR) is 104 cm³/mol. The van der Waals surface area contributed by atoms with Crippen LogP contribution in [0.25, 0.3) is 0 Å². The zero-order chi connectivity index (χ0) is 16.3. The van der Waals surface area contributed by atoms with Crippen molar-refractivity contribution in [2.75, 3.05) is 7.05 Å². The number of likely N-dealkylation sites (N-methyl/N-ethyl adjacent to an activating group) is 1. The van der Waals surface area contributed by atoms with Crippen LogP contribution in [0.2, 0.25) is 0 Å². The minimum absolute atomic E-state index is 0. The number of fused-ring (bicyclic) bond motifs is 5. The molecule has 4 atom stereocenters. The van der Waals surface area contributed by atoms with E-state index in [2.05, 4.69) is 11.9 Å². The van der Waals surface area contributed by atoms with Crippen LogP contribution in [0.3, 0.4) is 0 Å². The van der Waals surface area contributed by atoms with E-state index >= 15 is 0 Å². The summed E-state index contributed by atoms with van der Waals surface area (Å²) >= 11 is 3.24. The maximum Gasteiger partial charge on any atom is 0.319 e. The molecule has 2 aromatic rings. The Kier molecular flexibility index (Phi) is 4.79. The monoisotopic (exact) mass is 441 g/mol. The maximum absolute atomic E-state index is 13.0. The summed E-state index contributed by atoms with van der Waals surface area (Å²) < 4.78 is 11.7. The summed E-state index contributed by atoms with van der Waals surface area (Å²) in [5.74, 6) is -0.392. The van der Waals surface area contributed by atoms with E-state index in [4.69, 9.17) is 9.47 Å². The standard InChI is InChI=1S/C18H19NO3S2.BrH/c1-19-11-8-10(9-12(19)17-16(11)22-17)21-18(20)15(13-4-2-6-23-13)14-5-3-7-24-14;/h2-7,10-12,15-17H,8-9H2,1H3;1H. The highest BCUT2D eigenvalue weighted by Gasteiger charge is 2.62. The van der Waals surface area contributed by atoms with Crippen LogP contribution in [0.1, 0.15) is 28.5 Å². The number of hydrogen-bond donors (Lipinski definition) is 0. The van der Waals surface area contributed by atoms with Crippen LogP contribution in [-0.2, 0) is 14.3 Å². The van der Waals surface area contributed by atoms with Gasteiger partial charge in [-0.25, -0.2) is 0 Å². The van der Waals surface area contributed by atoms with Crippen molar-refractivity contribution in [2.24, 2.45) is 0 Å². The molecule has 0 saturated carbocycles. The highest BCUT2D eigenvalue weighted by molar-refractivity contribution is 8.93. The van der Waals surface area contributed by atoms with Gasteiger partial charge in [-0.05, 0) is 29.9 Å². The fraction of sp³-hybridized carbons (Fsp3) is 0.500. The summed E-state index contributed by atoms with van der Waals surface area (Å²) in [6, 6.07) is 8.86. The van der Waals surface area contributed by atoms with Gasteiger partial charge in [-0.2, -0.15) is 0 Å². The second kappa shape index (κ2) is 6.78. The number of esters is 1. The molecule has 0 amide bonds. The predicted octanol–water partition coefficient (Wildman–Crippen LogP) is 3.68. The van der Waals surface area contributed by atoms with E-state index in [-0.39, 0.29) is 35.0 Å². The summed E-state index contributed by atoms with van der Waals surface area (Å²) in [5, 5.41) is 4.04. The lowest BCUT2D eigenvalue weighted by Gasteiger charge is -2.38. The largest absolute Gasteiger partial charge is 0.461 e. The molecular weight excluding hydrogens is 422 g/mol. The van der Waals surface area contributed by atoms with Crippen molar-refractivity contribution in [2.45, 2.75) is 49.2 Å². The van der Waals surface area contributed by atoms with E-state index in [0.29, 0.717) is 24.3 Å². The molecule has 5 rings (SSSR count). The third-order valence-corrected chi connectivity index (χ3v) is 7.42. The lowest BCUT2D eigenvalue weighted by Crippen LogP contribution is -2.48. The second-order valence-electron chi connectivity index (χ2n) is 6.86. The van der Waals surface area contributed by atoms with Crippen molar-refractivity contribution in [3.63, 3.8) is 0 Å². The minimum atomic E-state index is -0.284. The van der Waals surface area contributed by atoms with E-state index in [1.54, 1.807) is 22.7 Å². The van der Waals surface area contributed by atoms with Gasteiger partial charge in [0.25, 0.3) is 0 Å². The molecule has 3 aliphatic heterocycles. The zero-order valence-corrected chi connectivity index (χ0v) is 17.1. The molecule has 4 unspecified atom stereocenters. The molecule has 2 bridgehead atoms. The molecule has 0 aliphatic carbocycles. The van der Waals surface area contributed by atoms with Gasteiger partial charge in [-0.3, -0.25) is 9.69 Å². The Morgan fingerprint density at radius 1 is 1.16 bits per heavy atom. The van der Waals surface area contributed by atoms with Crippen LogP contribution < -0.4 is 0 Å². The Morgan fingerprint density at radius 3 is 2.20 bits per heavy atom. The van der Waals surface area contributed by atoms with Crippen molar-refractivity contribution in [1.29, 1.82) is 0 Å². The third kappa shape index (κ3) is 3.00. The number of epoxide rings is 1. The number of carbonyl (C=O) groups is 1. The van der Waals surface area contributed by atoms with Crippen LogP contribution in [0.5, 0.6) is 0 Å². The van der Waals surface area contributed by atoms with Crippen LogP contribution in [0.15, 0.2) is 35.0 Å². The number of piperidine rings is 1. The molecule has 3 saturated heterocycles. The van der Waals surface area contributed by atoms with E-state index in [1.165, 1.54) is 0 Å². The maximum atomic E-state index is 13.0. The summed E-state index contributed by atoms with van der Waals surface area (Å²) in [7, 11) is 2.17. The van der Waals surface area contributed by atoms with Gasteiger partial charge in [0.1, 0.15) is 24.2 Å². The van der Waals surface area contributed by atoms with E-state index in [1.807, 2.05) is 35.0 Å². The van der Waals surface area contributed by atoms with Crippen LogP contribution in [0, 0.1) is 0 Å². The summed E-state index contributed by atoms with van der Waals surface area (Å²) in [6.45, 7) is 0. The number of morpholine rings is 1. The molecule has 3 aliphatic rings. The molecule has 25 heavy (non-hydrogen) atoms. The molecule has 0 aromatic carbocycles. The van der Waals surface area contributed by atoms with Crippen LogP contribution >= 0.6 is 39.7 Å². The first-order valence-electron chi connectivity index (χ1n) is 8.37. The summed E-state index contributed by atoms with van der Waals surface area (Å²) in [6.07, 6.45) is 2.54. The van der Waals surface area contributed by atoms with E-state index < -0.39 is 0 Å². The SMILES string of the molecule is Br.CN1C2CC(OC(=O)C(c3cccs3)c3cccs3)CC1C1OC12. The van der Waals surface area contributed by atoms with Gasteiger partial charge in [-0.15, -0.1) is 39.7 Å². The number of ether oxygens (including phenoxy) is 2. The smallest absolute Gasteiger partial charge is 0.319 e. The first-order chi connectivity index (χ1) is 11.7. The first kappa shape index (κ1) is 17.7.